The topological polar surface area (TPSA) is 57.8 Å². The van der Waals surface area contributed by atoms with Crippen LogP contribution >= 0.6 is 31.9 Å². The van der Waals surface area contributed by atoms with Gasteiger partial charge in [-0.15, -0.1) is 0 Å². The van der Waals surface area contributed by atoms with Crippen molar-refractivity contribution in [3.63, 3.8) is 0 Å². The van der Waals surface area contributed by atoms with E-state index >= 15 is 0 Å². The summed E-state index contributed by atoms with van der Waals surface area (Å²) in [6, 6.07) is 5.41. The molecule has 6 heteroatoms. The quantitative estimate of drug-likeness (QED) is 0.861. The van der Waals surface area contributed by atoms with Crippen LogP contribution in [0.3, 0.4) is 0 Å². The Morgan fingerprint density at radius 1 is 1.33 bits per heavy atom. The van der Waals surface area contributed by atoms with Crippen molar-refractivity contribution >= 4 is 43.6 Å². The van der Waals surface area contributed by atoms with Crippen LogP contribution < -0.4 is 5.32 Å². The van der Waals surface area contributed by atoms with E-state index in [1.54, 1.807) is 18.3 Å². The standard InChI is InChI=1S/C12H11Br2N3O/c1-2-7-6-15-17-11(7)16-12(18)8-3-9(13)5-10(14)4-8/h3-6H,2H2,1H3,(H2,15,16,17,18). The van der Waals surface area contributed by atoms with Gasteiger partial charge >= 0.3 is 0 Å². The molecule has 94 valence electrons. The highest BCUT2D eigenvalue weighted by Crippen LogP contribution is 2.21. The molecular formula is C12H11Br2N3O. The van der Waals surface area contributed by atoms with E-state index in [1.165, 1.54) is 0 Å². The molecule has 0 aliphatic rings. The highest BCUT2D eigenvalue weighted by atomic mass is 79.9. The van der Waals surface area contributed by atoms with E-state index < -0.39 is 0 Å². The molecule has 1 aromatic heterocycles. The van der Waals surface area contributed by atoms with Crippen LogP contribution in [-0.4, -0.2) is 16.1 Å². The van der Waals surface area contributed by atoms with Crippen molar-refractivity contribution in [3.8, 4) is 0 Å². The summed E-state index contributed by atoms with van der Waals surface area (Å²) in [6.45, 7) is 2.01. The first-order valence-electron chi connectivity index (χ1n) is 5.40. The Labute approximate surface area is 121 Å². The summed E-state index contributed by atoms with van der Waals surface area (Å²) in [5.41, 5.74) is 1.56. The largest absolute Gasteiger partial charge is 0.307 e. The number of rotatable bonds is 3. The van der Waals surface area contributed by atoms with Crippen molar-refractivity contribution in [2.45, 2.75) is 13.3 Å². The SMILES string of the molecule is CCc1cn[nH]c1NC(=O)c1cc(Br)cc(Br)c1. The summed E-state index contributed by atoms with van der Waals surface area (Å²) in [5, 5.41) is 9.51. The van der Waals surface area contributed by atoms with Crippen molar-refractivity contribution in [2.75, 3.05) is 5.32 Å². The van der Waals surface area contributed by atoms with E-state index in [-0.39, 0.29) is 5.91 Å². The molecule has 0 unspecified atom stereocenters. The minimum atomic E-state index is -0.170. The fourth-order valence-corrected chi connectivity index (χ4v) is 2.85. The highest BCUT2D eigenvalue weighted by Gasteiger charge is 2.11. The number of amides is 1. The highest BCUT2D eigenvalue weighted by molar-refractivity contribution is 9.11. The number of hydrogen-bond donors (Lipinski definition) is 2. The number of nitrogens with zero attached hydrogens (tertiary/aromatic N) is 1. The molecule has 0 aliphatic heterocycles. The maximum Gasteiger partial charge on any atom is 0.256 e. The van der Waals surface area contributed by atoms with Crippen molar-refractivity contribution < 1.29 is 4.79 Å². The Bertz CT molecular complexity index is 560. The van der Waals surface area contributed by atoms with Crippen LogP contribution in [-0.2, 0) is 6.42 Å². The summed E-state index contributed by atoms with van der Waals surface area (Å²) in [4.78, 5) is 12.1. The third kappa shape index (κ3) is 3.00. The van der Waals surface area contributed by atoms with E-state index in [0.717, 1.165) is 20.9 Å². The predicted molar refractivity (Wildman–Crippen MR) is 77.8 cm³/mol. The number of H-pyrrole nitrogens is 1. The van der Waals surface area contributed by atoms with E-state index in [2.05, 4.69) is 47.4 Å². The second-order valence-electron chi connectivity index (χ2n) is 3.74. The fourth-order valence-electron chi connectivity index (χ4n) is 1.56. The van der Waals surface area contributed by atoms with Crippen molar-refractivity contribution in [1.82, 2.24) is 10.2 Å². The molecule has 1 heterocycles. The number of carbonyl (C=O) groups is 1. The minimum absolute atomic E-state index is 0.170. The van der Waals surface area contributed by atoms with Crippen LogP contribution in [0.1, 0.15) is 22.8 Å². The zero-order chi connectivity index (χ0) is 13.1. The van der Waals surface area contributed by atoms with Crippen molar-refractivity contribution in [3.05, 3.63) is 44.5 Å². The fraction of sp³-hybridized carbons (Fsp3) is 0.167. The second-order valence-corrected chi connectivity index (χ2v) is 5.57. The zero-order valence-corrected chi connectivity index (χ0v) is 12.8. The van der Waals surface area contributed by atoms with Gasteiger partial charge in [-0.2, -0.15) is 5.10 Å². The van der Waals surface area contributed by atoms with Gasteiger partial charge in [0.05, 0.1) is 6.20 Å². The number of halogens is 2. The third-order valence-electron chi connectivity index (χ3n) is 2.46. The first-order chi connectivity index (χ1) is 8.60. The molecule has 0 aliphatic carbocycles. The molecule has 0 spiro atoms. The number of hydrogen-bond acceptors (Lipinski definition) is 2. The molecule has 0 saturated carbocycles. The first kappa shape index (κ1) is 13.3. The van der Waals surface area contributed by atoms with Crippen LogP contribution in [0.15, 0.2) is 33.3 Å². The first-order valence-corrected chi connectivity index (χ1v) is 6.98. The Balaban J connectivity index is 2.22. The van der Waals surface area contributed by atoms with Gasteiger partial charge in [-0.3, -0.25) is 9.89 Å². The normalized spacial score (nSPS) is 10.4. The van der Waals surface area contributed by atoms with Crippen LogP contribution in [0.4, 0.5) is 5.82 Å². The monoisotopic (exact) mass is 371 g/mol. The molecule has 0 saturated heterocycles. The van der Waals surface area contributed by atoms with Crippen molar-refractivity contribution in [2.24, 2.45) is 0 Å². The Kier molecular flexibility index (Phi) is 4.19. The zero-order valence-electron chi connectivity index (χ0n) is 9.63. The number of nitrogens with one attached hydrogen (secondary N) is 2. The van der Waals surface area contributed by atoms with E-state index in [1.807, 2.05) is 13.0 Å². The average Bonchev–Trinajstić information content (AvgIpc) is 2.75. The van der Waals surface area contributed by atoms with Gasteiger partial charge in [0.2, 0.25) is 0 Å². The van der Waals surface area contributed by atoms with Crippen LogP contribution in [0.5, 0.6) is 0 Å². The summed E-state index contributed by atoms with van der Waals surface area (Å²) in [7, 11) is 0. The molecule has 2 rings (SSSR count). The van der Waals surface area contributed by atoms with Gasteiger partial charge in [0, 0.05) is 20.1 Å². The number of anilines is 1. The number of aromatic nitrogens is 2. The van der Waals surface area contributed by atoms with Crippen LogP contribution in [0.25, 0.3) is 0 Å². The minimum Gasteiger partial charge on any atom is -0.307 e. The molecule has 0 radical (unpaired) electrons. The molecule has 1 amide bonds. The summed E-state index contributed by atoms with van der Waals surface area (Å²) < 4.78 is 1.70. The lowest BCUT2D eigenvalue weighted by atomic mass is 10.2. The maximum absolute atomic E-state index is 12.1. The van der Waals surface area contributed by atoms with Gasteiger partial charge in [-0.05, 0) is 24.6 Å². The molecule has 2 N–H and O–H groups in total. The van der Waals surface area contributed by atoms with Crippen LogP contribution in [0.2, 0.25) is 0 Å². The molecular weight excluding hydrogens is 362 g/mol. The van der Waals surface area contributed by atoms with E-state index in [0.29, 0.717) is 11.4 Å². The summed E-state index contributed by atoms with van der Waals surface area (Å²) in [5.74, 6) is 0.481. The Morgan fingerprint density at radius 3 is 2.61 bits per heavy atom. The molecule has 0 fully saturated rings. The molecule has 4 nitrogen and oxygen atoms in total. The molecule has 0 atom stereocenters. The van der Waals surface area contributed by atoms with Crippen molar-refractivity contribution in [1.29, 1.82) is 0 Å². The van der Waals surface area contributed by atoms with Crippen LogP contribution in [0, 0.1) is 0 Å². The molecule has 18 heavy (non-hydrogen) atoms. The van der Waals surface area contributed by atoms with Gasteiger partial charge in [-0.25, -0.2) is 0 Å². The predicted octanol–water partition coefficient (Wildman–Crippen LogP) is 3.75. The third-order valence-corrected chi connectivity index (χ3v) is 3.38. The average molecular weight is 373 g/mol. The number of aromatic amines is 1. The number of benzene rings is 1. The lowest BCUT2D eigenvalue weighted by Crippen LogP contribution is -2.13. The lowest BCUT2D eigenvalue weighted by molar-refractivity contribution is 0.102. The second kappa shape index (κ2) is 5.67. The van der Waals surface area contributed by atoms with Gasteiger partial charge in [0.1, 0.15) is 5.82 Å². The number of aryl methyl sites for hydroxylation is 1. The number of carbonyl (C=O) groups excluding carboxylic acids is 1. The Hall–Kier alpha value is -1.14. The molecule has 0 bridgehead atoms. The van der Waals surface area contributed by atoms with E-state index in [4.69, 9.17) is 0 Å². The smallest absolute Gasteiger partial charge is 0.256 e. The summed E-state index contributed by atoms with van der Waals surface area (Å²) in [6.07, 6.45) is 2.53. The van der Waals surface area contributed by atoms with Gasteiger partial charge in [0.25, 0.3) is 5.91 Å². The maximum atomic E-state index is 12.1. The molecule has 2 aromatic rings. The van der Waals surface area contributed by atoms with Gasteiger partial charge in [-0.1, -0.05) is 38.8 Å². The Morgan fingerprint density at radius 2 is 2.00 bits per heavy atom. The molecule has 1 aromatic carbocycles. The van der Waals surface area contributed by atoms with Gasteiger partial charge < -0.3 is 5.32 Å². The van der Waals surface area contributed by atoms with Gasteiger partial charge in [0.15, 0.2) is 0 Å². The van der Waals surface area contributed by atoms with E-state index in [9.17, 15) is 4.79 Å². The summed E-state index contributed by atoms with van der Waals surface area (Å²) >= 11 is 6.71. The lowest BCUT2D eigenvalue weighted by Gasteiger charge is -2.06.